The van der Waals surface area contributed by atoms with Crippen LogP contribution in [0.25, 0.3) is 0 Å². The Labute approximate surface area is 101 Å². The fourth-order valence-electron chi connectivity index (χ4n) is 1.06. The number of rotatable bonds is 3. The number of nitrogens with two attached hydrogens (primary N) is 1. The Bertz CT molecular complexity index is 513. The summed E-state index contributed by atoms with van der Waals surface area (Å²) in [7, 11) is 0. The smallest absolute Gasteiger partial charge is 0.343 e. The van der Waals surface area contributed by atoms with E-state index in [2.05, 4.69) is 10.8 Å². The molecule has 0 bridgehead atoms. The number of nitro groups is 1. The average molecular weight is 251 g/mol. The van der Waals surface area contributed by atoms with E-state index >= 15 is 0 Å². The van der Waals surface area contributed by atoms with Crippen molar-refractivity contribution in [2.24, 2.45) is 10.8 Å². The maximum absolute atomic E-state index is 10.9. The molecule has 18 heavy (non-hydrogen) atoms. The van der Waals surface area contributed by atoms with Crippen LogP contribution in [0.5, 0.6) is 0 Å². The molecule has 0 aliphatic heterocycles. The number of urea groups is 2. The normalized spacial score (nSPS) is 10.0. The summed E-state index contributed by atoms with van der Waals surface area (Å²) in [5.74, 6) is 0. The summed E-state index contributed by atoms with van der Waals surface area (Å²) in [5, 5.41) is 15.8. The lowest BCUT2D eigenvalue weighted by atomic mass is 10.2. The average Bonchev–Trinajstić information content (AvgIpc) is 2.28. The number of carbonyl (C=O) groups is 2. The number of hydrogen-bond acceptors (Lipinski definition) is 5. The number of imide groups is 1. The van der Waals surface area contributed by atoms with Crippen LogP contribution in [0.4, 0.5) is 15.3 Å². The Hall–Kier alpha value is -2.97. The fourth-order valence-corrected chi connectivity index (χ4v) is 1.06. The molecule has 9 heteroatoms. The third-order valence-electron chi connectivity index (χ3n) is 1.74. The van der Waals surface area contributed by atoms with Crippen LogP contribution < -0.4 is 16.5 Å². The third-order valence-corrected chi connectivity index (χ3v) is 1.74. The summed E-state index contributed by atoms with van der Waals surface area (Å²) >= 11 is 0. The Morgan fingerprint density at radius 1 is 1.39 bits per heavy atom. The van der Waals surface area contributed by atoms with Gasteiger partial charge in [0.25, 0.3) is 5.69 Å². The minimum Gasteiger partial charge on any atom is -0.351 e. The molecule has 94 valence electrons. The zero-order valence-electron chi connectivity index (χ0n) is 8.99. The molecule has 9 nitrogen and oxygen atoms in total. The first-order chi connectivity index (χ1) is 8.50. The molecular formula is C9H9N5O4. The molecule has 4 N–H and O–H groups in total. The van der Waals surface area contributed by atoms with Gasteiger partial charge in [-0.05, 0) is 6.07 Å². The van der Waals surface area contributed by atoms with Crippen LogP contribution in [0.2, 0.25) is 0 Å². The molecule has 0 radical (unpaired) electrons. The zero-order chi connectivity index (χ0) is 13.5. The standard InChI is InChI=1S/C9H9N5O4/c10-8(15)12-9(16)13-11-5-6-3-1-2-4-7(6)14(17)18/h1-5H,(H4,10,12,13,15,16)/b11-5+. The van der Waals surface area contributed by atoms with Crippen LogP contribution in [0.15, 0.2) is 29.4 Å². The monoisotopic (exact) mass is 251 g/mol. The molecule has 0 aromatic heterocycles. The van der Waals surface area contributed by atoms with Crippen LogP contribution >= 0.6 is 0 Å². The van der Waals surface area contributed by atoms with E-state index in [9.17, 15) is 19.7 Å². The highest BCUT2D eigenvalue weighted by Crippen LogP contribution is 2.14. The van der Waals surface area contributed by atoms with Crippen molar-refractivity contribution < 1.29 is 14.5 Å². The van der Waals surface area contributed by atoms with E-state index < -0.39 is 17.0 Å². The van der Waals surface area contributed by atoms with E-state index in [0.717, 1.165) is 6.21 Å². The third kappa shape index (κ3) is 3.89. The van der Waals surface area contributed by atoms with Crippen LogP contribution in [0.3, 0.4) is 0 Å². The van der Waals surface area contributed by atoms with Crippen molar-refractivity contribution in [1.29, 1.82) is 0 Å². The highest BCUT2D eigenvalue weighted by molar-refractivity contribution is 5.93. The summed E-state index contributed by atoms with van der Waals surface area (Å²) < 4.78 is 0. The summed E-state index contributed by atoms with van der Waals surface area (Å²) in [6.45, 7) is 0. The maximum atomic E-state index is 10.9. The molecule has 0 saturated heterocycles. The Morgan fingerprint density at radius 2 is 2.06 bits per heavy atom. The van der Waals surface area contributed by atoms with E-state index in [1.54, 1.807) is 11.4 Å². The Morgan fingerprint density at radius 3 is 2.67 bits per heavy atom. The summed E-state index contributed by atoms with van der Waals surface area (Å²) in [6, 6.07) is 3.87. The van der Waals surface area contributed by atoms with Crippen LogP contribution in [-0.4, -0.2) is 23.2 Å². The fraction of sp³-hybridized carbons (Fsp3) is 0. The van der Waals surface area contributed by atoms with Gasteiger partial charge in [0.15, 0.2) is 0 Å². The van der Waals surface area contributed by atoms with Crippen molar-refractivity contribution in [3.05, 3.63) is 39.9 Å². The van der Waals surface area contributed by atoms with E-state index in [0.29, 0.717) is 0 Å². The number of carbonyl (C=O) groups excluding carboxylic acids is 2. The molecule has 0 fully saturated rings. The molecule has 0 aliphatic carbocycles. The highest BCUT2D eigenvalue weighted by Gasteiger charge is 2.10. The molecule has 1 rings (SSSR count). The molecule has 0 heterocycles. The first kappa shape index (κ1) is 13.1. The molecule has 0 unspecified atom stereocenters. The second kappa shape index (κ2) is 5.94. The van der Waals surface area contributed by atoms with Gasteiger partial charge in [-0.25, -0.2) is 15.0 Å². The summed E-state index contributed by atoms with van der Waals surface area (Å²) in [6.07, 6.45) is 1.08. The van der Waals surface area contributed by atoms with Gasteiger partial charge in [-0.2, -0.15) is 5.10 Å². The number of para-hydroxylation sites is 1. The molecule has 1 aromatic rings. The molecule has 0 spiro atoms. The number of nitrogens with one attached hydrogen (secondary N) is 2. The lowest BCUT2D eigenvalue weighted by molar-refractivity contribution is -0.385. The number of nitrogens with zero attached hydrogens (tertiary/aromatic N) is 2. The Kier molecular flexibility index (Phi) is 4.32. The van der Waals surface area contributed by atoms with Crippen molar-refractivity contribution in [3.63, 3.8) is 0 Å². The predicted octanol–water partition coefficient (Wildman–Crippen LogP) is 0.307. The first-order valence-electron chi connectivity index (χ1n) is 4.63. The van der Waals surface area contributed by atoms with Gasteiger partial charge >= 0.3 is 12.1 Å². The quantitative estimate of drug-likeness (QED) is 0.403. The molecule has 0 saturated carbocycles. The van der Waals surface area contributed by atoms with Gasteiger partial charge in [0.05, 0.1) is 16.7 Å². The molecule has 0 aliphatic rings. The SMILES string of the molecule is NC(=O)NC(=O)N/N=C/c1ccccc1[N+](=O)[O-]. The van der Waals surface area contributed by atoms with Gasteiger partial charge in [0, 0.05) is 6.07 Å². The van der Waals surface area contributed by atoms with Crippen molar-refractivity contribution in [3.8, 4) is 0 Å². The van der Waals surface area contributed by atoms with E-state index in [1.807, 2.05) is 5.43 Å². The van der Waals surface area contributed by atoms with E-state index in [1.165, 1.54) is 18.2 Å². The van der Waals surface area contributed by atoms with E-state index in [-0.39, 0.29) is 11.3 Å². The molecule has 0 atom stereocenters. The van der Waals surface area contributed by atoms with Gasteiger partial charge in [-0.15, -0.1) is 0 Å². The van der Waals surface area contributed by atoms with Gasteiger partial charge in [0.1, 0.15) is 0 Å². The lowest BCUT2D eigenvalue weighted by Gasteiger charge is -1.98. The van der Waals surface area contributed by atoms with Crippen LogP contribution in [0, 0.1) is 10.1 Å². The highest BCUT2D eigenvalue weighted by atomic mass is 16.6. The number of benzene rings is 1. The number of hydrogen-bond donors (Lipinski definition) is 3. The Balaban J connectivity index is 2.70. The molecular weight excluding hydrogens is 242 g/mol. The largest absolute Gasteiger partial charge is 0.351 e. The number of nitro benzene ring substituents is 1. The van der Waals surface area contributed by atoms with Crippen molar-refractivity contribution in [1.82, 2.24) is 10.7 Å². The molecule has 1 aromatic carbocycles. The summed E-state index contributed by atoms with van der Waals surface area (Å²) in [5.41, 5.74) is 6.67. The lowest BCUT2D eigenvalue weighted by Crippen LogP contribution is -2.40. The van der Waals surface area contributed by atoms with Gasteiger partial charge < -0.3 is 5.73 Å². The second-order valence-corrected chi connectivity index (χ2v) is 3.00. The van der Waals surface area contributed by atoms with Gasteiger partial charge in [-0.1, -0.05) is 12.1 Å². The summed E-state index contributed by atoms with van der Waals surface area (Å²) in [4.78, 5) is 31.3. The van der Waals surface area contributed by atoms with E-state index in [4.69, 9.17) is 0 Å². The number of hydrazone groups is 1. The number of primary amides is 1. The number of amides is 4. The second-order valence-electron chi connectivity index (χ2n) is 3.00. The topological polar surface area (TPSA) is 140 Å². The van der Waals surface area contributed by atoms with Crippen molar-refractivity contribution >= 4 is 24.0 Å². The predicted molar refractivity (Wildman–Crippen MR) is 61.9 cm³/mol. The minimum atomic E-state index is -1.03. The van der Waals surface area contributed by atoms with Gasteiger partial charge in [-0.3, -0.25) is 15.4 Å². The van der Waals surface area contributed by atoms with Crippen molar-refractivity contribution in [2.75, 3.05) is 0 Å². The van der Waals surface area contributed by atoms with Crippen LogP contribution in [-0.2, 0) is 0 Å². The van der Waals surface area contributed by atoms with Crippen LogP contribution in [0.1, 0.15) is 5.56 Å². The zero-order valence-corrected chi connectivity index (χ0v) is 8.99. The molecule has 4 amide bonds. The van der Waals surface area contributed by atoms with Gasteiger partial charge in [0.2, 0.25) is 0 Å². The van der Waals surface area contributed by atoms with Crippen molar-refractivity contribution in [2.45, 2.75) is 0 Å². The first-order valence-corrected chi connectivity index (χ1v) is 4.63. The minimum absolute atomic E-state index is 0.154. The maximum Gasteiger partial charge on any atom is 0.343 e.